The second-order valence-corrected chi connectivity index (χ2v) is 7.69. The van der Waals surface area contributed by atoms with Gasteiger partial charge in [-0.1, -0.05) is 32.9 Å². The van der Waals surface area contributed by atoms with Gasteiger partial charge in [0.15, 0.2) is 0 Å². The first-order valence-corrected chi connectivity index (χ1v) is 8.80. The SMILES string of the molecule is CC(C)CNCc1ccc(N2CCSC(C)C2C)cc1. The van der Waals surface area contributed by atoms with Gasteiger partial charge in [-0.3, -0.25) is 0 Å². The first kappa shape index (κ1) is 15.7. The van der Waals surface area contributed by atoms with Crippen LogP contribution < -0.4 is 10.2 Å². The molecule has 1 fully saturated rings. The average molecular weight is 292 g/mol. The predicted octanol–water partition coefficient (Wildman–Crippen LogP) is 3.76. The average Bonchev–Trinajstić information content (AvgIpc) is 2.42. The summed E-state index contributed by atoms with van der Waals surface area (Å²) in [5.41, 5.74) is 2.75. The molecular weight excluding hydrogens is 264 g/mol. The zero-order valence-electron chi connectivity index (χ0n) is 13.2. The minimum Gasteiger partial charge on any atom is -0.367 e. The Labute approximate surface area is 128 Å². The van der Waals surface area contributed by atoms with Crippen molar-refractivity contribution < 1.29 is 0 Å². The van der Waals surface area contributed by atoms with Crippen LogP contribution in [0, 0.1) is 5.92 Å². The quantitative estimate of drug-likeness (QED) is 0.889. The molecule has 0 amide bonds. The second kappa shape index (κ2) is 7.37. The number of benzene rings is 1. The maximum Gasteiger partial charge on any atom is 0.0378 e. The van der Waals surface area contributed by atoms with E-state index in [2.05, 4.69) is 73.9 Å². The van der Waals surface area contributed by atoms with E-state index in [0.29, 0.717) is 12.0 Å². The highest BCUT2D eigenvalue weighted by Gasteiger charge is 2.25. The van der Waals surface area contributed by atoms with Gasteiger partial charge in [0, 0.05) is 35.8 Å². The minimum atomic E-state index is 0.624. The van der Waals surface area contributed by atoms with Crippen molar-refractivity contribution in [1.29, 1.82) is 0 Å². The molecule has 0 radical (unpaired) electrons. The summed E-state index contributed by atoms with van der Waals surface area (Å²) < 4.78 is 0. The standard InChI is InChI=1S/C17H28N2S/c1-13(2)11-18-12-16-5-7-17(8-6-16)19-9-10-20-15(4)14(19)3/h5-8,13-15,18H,9-12H2,1-4H3. The lowest BCUT2D eigenvalue weighted by molar-refractivity contribution is 0.552. The molecule has 1 N–H and O–H groups in total. The van der Waals surface area contributed by atoms with E-state index in [9.17, 15) is 0 Å². The summed E-state index contributed by atoms with van der Waals surface area (Å²) in [6, 6.07) is 9.72. The summed E-state index contributed by atoms with van der Waals surface area (Å²) in [6.07, 6.45) is 0. The molecule has 20 heavy (non-hydrogen) atoms. The summed E-state index contributed by atoms with van der Waals surface area (Å²) in [6.45, 7) is 12.4. The van der Waals surface area contributed by atoms with Crippen molar-refractivity contribution in [2.45, 2.75) is 45.5 Å². The minimum absolute atomic E-state index is 0.624. The highest BCUT2D eigenvalue weighted by molar-refractivity contribution is 8.00. The molecule has 0 aromatic heterocycles. The number of nitrogens with one attached hydrogen (secondary N) is 1. The monoisotopic (exact) mass is 292 g/mol. The molecule has 2 atom stereocenters. The normalized spacial score (nSPS) is 23.4. The van der Waals surface area contributed by atoms with Crippen molar-refractivity contribution in [3.63, 3.8) is 0 Å². The van der Waals surface area contributed by atoms with Crippen LogP contribution in [0.3, 0.4) is 0 Å². The van der Waals surface area contributed by atoms with E-state index >= 15 is 0 Å². The Morgan fingerprint density at radius 2 is 1.95 bits per heavy atom. The van der Waals surface area contributed by atoms with Gasteiger partial charge in [0.25, 0.3) is 0 Å². The number of rotatable bonds is 5. The fourth-order valence-electron chi connectivity index (χ4n) is 2.61. The predicted molar refractivity (Wildman–Crippen MR) is 91.7 cm³/mol. The highest BCUT2D eigenvalue weighted by atomic mass is 32.2. The molecule has 1 aliphatic heterocycles. The number of thioether (sulfide) groups is 1. The molecule has 0 bridgehead atoms. The van der Waals surface area contributed by atoms with Crippen LogP contribution in [0.5, 0.6) is 0 Å². The van der Waals surface area contributed by atoms with Crippen molar-refractivity contribution in [2.75, 3.05) is 23.7 Å². The molecule has 1 aromatic carbocycles. The Bertz CT molecular complexity index is 402. The fraction of sp³-hybridized carbons (Fsp3) is 0.647. The van der Waals surface area contributed by atoms with Gasteiger partial charge in [0.2, 0.25) is 0 Å². The first-order chi connectivity index (χ1) is 9.58. The van der Waals surface area contributed by atoms with E-state index in [1.54, 1.807) is 0 Å². The zero-order valence-corrected chi connectivity index (χ0v) is 14.0. The van der Waals surface area contributed by atoms with Gasteiger partial charge in [0.05, 0.1) is 0 Å². The summed E-state index contributed by atoms with van der Waals surface area (Å²) in [5.74, 6) is 1.95. The van der Waals surface area contributed by atoms with E-state index in [1.165, 1.54) is 23.5 Å². The van der Waals surface area contributed by atoms with Crippen molar-refractivity contribution in [2.24, 2.45) is 5.92 Å². The third kappa shape index (κ3) is 4.16. The smallest absolute Gasteiger partial charge is 0.0378 e. The third-order valence-corrected chi connectivity index (χ3v) is 5.37. The van der Waals surface area contributed by atoms with Crippen molar-refractivity contribution >= 4 is 17.4 Å². The Kier molecular flexibility index (Phi) is 5.79. The van der Waals surface area contributed by atoms with Crippen LogP contribution in [0.15, 0.2) is 24.3 Å². The van der Waals surface area contributed by atoms with Crippen LogP contribution in [0.25, 0.3) is 0 Å². The van der Waals surface area contributed by atoms with Crippen molar-refractivity contribution in [1.82, 2.24) is 5.32 Å². The zero-order chi connectivity index (χ0) is 14.5. The molecule has 0 spiro atoms. The van der Waals surface area contributed by atoms with E-state index in [1.807, 2.05) is 0 Å². The van der Waals surface area contributed by atoms with Gasteiger partial charge in [-0.25, -0.2) is 0 Å². The molecular formula is C17H28N2S. The van der Waals surface area contributed by atoms with Crippen LogP contribution in [-0.4, -0.2) is 30.1 Å². The van der Waals surface area contributed by atoms with E-state index in [-0.39, 0.29) is 0 Å². The number of anilines is 1. The third-order valence-electron chi connectivity index (χ3n) is 4.03. The molecule has 2 rings (SSSR count). The Hall–Kier alpha value is -0.670. The molecule has 0 saturated carbocycles. The van der Waals surface area contributed by atoms with Crippen molar-refractivity contribution in [3.05, 3.63) is 29.8 Å². The Balaban J connectivity index is 1.93. The molecule has 3 heteroatoms. The molecule has 1 saturated heterocycles. The molecule has 1 aromatic rings. The van der Waals surface area contributed by atoms with Crippen LogP contribution in [-0.2, 0) is 6.54 Å². The molecule has 2 nitrogen and oxygen atoms in total. The molecule has 2 unspecified atom stereocenters. The number of hydrogen-bond donors (Lipinski definition) is 1. The van der Waals surface area contributed by atoms with E-state index in [4.69, 9.17) is 0 Å². The van der Waals surface area contributed by atoms with Gasteiger partial charge in [-0.2, -0.15) is 11.8 Å². The van der Waals surface area contributed by atoms with E-state index < -0.39 is 0 Å². The topological polar surface area (TPSA) is 15.3 Å². The molecule has 112 valence electrons. The Morgan fingerprint density at radius 3 is 2.60 bits per heavy atom. The van der Waals surface area contributed by atoms with E-state index in [0.717, 1.165) is 18.3 Å². The summed E-state index contributed by atoms with van der Waals surface area (Å²) in [5, 5.41) is 4.22. The maximum absolute atomic E-state index is 3.50. The lowest BCUT2D eigenvalue weighted by atomic mass is 10.1. The Morgan fingerprint density at radius 1 is 1.25 bits per heavy atom. The van der Waals surface area contributed by atoms with Gasteiger partial charge in [-0.05, 0) is 37.1 Å². The summed E-state index contributed by atoms with van der Waals surface area (Å²) >= 11 is 2.09. The number of hydrogen-bond acceptors (Lipinski definition) is 3. The van der Waals surface area contributed by atoms with Gasteiger partial charge in [0.1, 0.15) is 0 Å². The summed E-state index contributed by atoms with van der Waals surface area (Å²) in [4.78, 5) is 2.55. The largest absolute Gasteiger partial charge is 0.367 e. The number of nitrogens with zero attached hydrogens (tertiary/aromatic N) is 1. The second-order valence-electron chi connectivity index (χ2n) is 6.20. The fourth-order valence-corrected chi connectivity index (χ4v) is 3.71. The van der Waals surface area contributed by atoms with Crippen LogP contribution in [0.4, 0.5) is 5.69 Å². The van der Waals surface area contributed by atoms with Gasteiger partial charge < -0.3 is 10.2 Å². The molecule has 1 aliphatic rings. The maximum atomic E-state index is 3.50. The van der Waals surface area contributed by atoms with Gasteiger partial charge >= 0.3 is 0 Å². The first-order valence-electron chi connectivity index (χ1n) is 7.76. The summed E-state index contributed by atoms with van der Waals surface area (Å²) in [7, 11) is 0. The lowest BCUT2D eigenvalue weighted by Crippen LogP contribution is -2.44. The van der Waals surface area contributed by atoms with Gasteiger partial charge in [-0.15, -0.1) is 0 Å². The van der Waals surface area contributed by atoms with Crippen LogP contribution >= 0.6 is 11.8 Å². The lowest BCUT2D eigenvalue weighted by Gasteiger charge is -2.39. The molecule has 1 heterocycles. The highest BCUT2D eigenvalue weighted by Crippen LogP contribution is 2.29. The molecule has 0 aliphatic carbocycles. The van der Waals surface area contributed by atoms with Crippen LogP contribution in [0.2, 0.25) is 0 Å². The van der Waals surface area contributed by atoms with Crippen molar-refractivity contribution in [3.8, 4) is 0 Å². The van der Waals surface area contributed by atoms with Crippen LogP contribution in [0.1, 0.15) is 33.3 Å².